The summed E-state index contributed by atoms with van der Waals surface area (Å²) in [5, 5.41) is 13.2. The molecule has 17 heavy (non-hydrogen) atoms. The number of aryl methyl sites for hydroxylation is 1. The standard InChI is InChI=1S/C13H14BrNOS/c1-9-2-4-10(5-3-9)15-8-11(16)12-6-7-13(14)17-12/h2-7,11,15-16H,8H2,1H3. The number of anilines is 1. The van der Waals surface area contributed by atoms with E-state index in [4.69, 9.17) is 0 Å². The molecular weight excluding hydrogens is 298 g/mol. The van der Waals surface area contributed by atoms with Crippen molar-refractivity contribution in [3.05, 3.63) is 50.6 Å². The molecule has 1 atom stereocenters. The van der Waals surface area contributed by atoms with E-state index in [1.54, 1.807) is 11.3 Å². The van der Waals surface area contributed by atoms with Crippen molar-refractivity contribution in [3.8, 4) is 0 Å². The predicted octanol–water partition coefficient (Wildman–Crippen LogP) is 3.96. The van der Waals surface area contributed by atoms with E-state index >= 15 is 0 Å². The number of rotatable bonds is 4. The number of hydrogen-bond acceptors (Lipinski definition) is 3. The number of halogens is 1. The van der Waals surface area contributed by atoms with Crippen LogP contribution in [0, 0.1) is 6.92 Å². The van der Waals surface area contributed by atoms with Gasteiger partial charge in [-0.25, -0.2) is 0 Å². The normalized spacial score (nSPS) is 12.4. The summed E-state index contributed by atoms with van der Waals surface area (Å²) < 4.78 is 1.04. The number of aliphatic hydroxyl groups excluding tert-OH is 1. The van der Waals surface area contributed by atoms with Gasteiger partial charge in [0.25, 0.3) is 0 Å². The van der Waals surface area contributed by atoms with E-state index in [1.807, 2.05) is 24.3 Å². The van der Waals surface area contributed by atoms with Crippen LogP contribution in [0.3, 0.4) is 0 Å². The second kappa shape index (κ2) is 5.67. The summed E-state index contributed by atoms with van der Waals surface area (Å²) in [7, 11) is 0. The van der Waals surface area contributed by atoms with E-state index < -0.39 is 6.10 Å². The van der Waals surface area contributed by atoms with Gasteiger partial charge in [0, 0.05) is 17.1 Å². The van der Waals surface area contributed by atoms with Gasteiger partial charge >= 0.3 is 0 Å². The molecule has 1 unspecified atom stereocenters. The zero-order valence-electron chi connectivity index (χ0n) is 9.48. The highest BCUT2D eigenvalue weighted by atomic mass is 79.9. The Hall–Kier alpha value is -0.840. The lowest BCUT2D eigenvalue weighted by molar-refractivity contribution is 0.195. The minimum absolute atomic E-state index is 0.465. The highest BCUT2D eigenvalue weighted by Gasteiger charge is 2.09. The molecule has 2 rings (SSSR count). The van der Waals surface area contributed by atoms with Crippen LogP contribution in [0.1, 0.15) is 16.5 Å². The fraction of sp³-hybridized carbons (Fsp3) is 0.231. The molecule has 0 aliphatic rings. The van der Waals surface area contributed by atoms with Gasteiger partial charge in [-0.2, -0.15) is 0 Å². The van der Waals surface area contributed by atoms with Crippen molar-refractivity contribution in [3.63, 3.8) is 0 Å². The Bertz CT molecular complexity index is 480. The Morgan fingerprint density at radius 2 is 1.94 bits per heavy atom. The number of aliphatic hydroxyl groups is 1. The SMILES string of the molecule is Cc1ccc(NCC(O)c2ccc(Br)s2)cc1. The summed E-state index contributed by atoms with van der Waals surface area (Å²) in [4.78, 5) is 0.969. The summed E-state index contributed by atoms with van der Waals surface area (Å²) in [6.45, 7) is 2.58. The van der Waals surface area contributed by atoms with E-state index in [0.29, 0.717) is 6.54 Å². The van der Waals surface area contributed by atoms with Crippen LogP contribution in [0.2, 0.25) is 0 Å². The lowest BCUT2D eigenvalue weighted by atomic mass is 10.2. The summed E-state index contributed by atoms with van der Waals surface area (Å²) in [6.07, 6.45) is -0.465. The number of hydrogen-bond donors (Lipinski definition) is 2. The average molecular weight is 312 g/mol. The zero-order valence-corrected chi connectivity index (χ0v) is 11.9. The minimum Gasteiger partial charge on any atom is -0.386 e. The van der Waals surface area contributed by atoms with E-state index in [2.05, 4.69) is 40.3 Å². The molecule has 0 radical (unpaired) electrons. The Kier molecular flexibility index (Phi) is 4.20. The molecular formula is C13H14BrNOS. The van der Waals surface area contributed by atoms with Gasteiger partial charge in [-0.15, -0.1) is 11.3 Å². The van der Waals surface area contributed by atoms with E-state index in [9.17, 15) is 5.11 Å². The first-order valence-corrected chi connectivity index (χ1v) is 7.00. The van der Waals surface area contributed by atoms with Crippen molar-refractivity contribution < 1.29 is 5.11 Å². The first-order valence-electron chi connectivity index (χ1n) is 5.39. The summed E-state index contributed by atoms with van der Waals surface area (Å²) in [6, 6.07) is 12.0. The lowest BCUT2D eigenvalue weighted by Crippen LogP contribution is -2.10. The Morgan fingerprint density at radius 1 is 1.24 bits per heavy atom. The topological polar surface area (TPSA) is 32.3 Å². The quantitative estimate of drug-likeness (QED) is 0.895. The van der Waals surface area contributed by atoms with Gasteiger partial charge < -0.3 is 10.4 Å². The maximum Gasteiger partial charge on any atom is 0.105 e. The van der Waals surface area contributed by atoms with Gasteiger partial charge in [-0.05, 0) is 47.1 Å². The summed E-state index contributed by atoms with van der Waals surface area (Å²) in [5.41, 5.74) is 2.27. The maximum absolute atomic E-state index is 9.98. The molecule has 0 amide bonds. The monoisotopic (exact) mass is 311 g/mol. The Labute approximate surface area is 113 Å². The van der Waals surface area contributed by atoms with Gasteiger partial charge in [-0.1, -0.05) is 17.7 Å². The molecule has 2 N–H and O–H groups in total. The third-order valence-corrected chi connectivity index (χ3v) is 4.20. The molecule has 0 aliphatic carbocycles. The van der Waals surface area contributed by atoms with Crippen LogP contribution in [-0.4, -0.2) is 11.7 Å². The largest absolute Gasteiger partial charge is 0.386 e. The molecule has 0 aliphatic heterocycles. The molecule has 0 bridgehead atoms. The fourth-order valence-electron chi connectivity index (χ4n) is 1.49. The zero-order chi connectivity index (χ0) is 12.3. The molecule has 2 nitrogen and oxygen atoms in total. The molecule has 0 saturated heterocycles. The maximum atomic E-state index is 9.98. The van der Waals surface area contributed by atoms with Gasteiger partial charge in [0.15, 0.2) is 0 Å². The van der Waals surface area contributed by atoms with Crippen molar-refractivity contribution >= 4 is 33.0 Å². The van der Waals surface area contributed by atoms with Crippen LogP contribution in [0.15, 0.2) is 40.2 Å². The number of thiophene rings is 1. The van der Waals surface area contributed by atoms with E-state index in [0.717, 1.165) is 14.4 Å². The molecule has 2 aromatic rings. The first-order chi connectivity index (χ1) is 8.15. The van der Waals surface area contributed by atoms with Crippen molar-refractivity contribution in [1.82, 2.24) is 0 Å². The van der Waals surface area contributed by atoms with Crippen molar-refractivity contribution in [2.45, 2.75) is 13.0 Å². The molecule has 0 spiro atoms. The number of benzene rings is 1. The predicted molar refractivity (Wildman–Crippen MR) is 76.6 cm³/mol. The fourth-order valence-corrected chi connectivity index (χ4v) is 2.90. The summed E-state index contributed by atoms with van der Waals surface area (Å²) in [5.74, 6) is 0. The van der Waals surface area contributed by atoms with Crippen LogP contribution >= 0.6 is 27.3 Å². The van der Waals surface area contributed by atoms with Gasteiger partial charge in [0.05, 0.1) is 3.79 Å². The van der Waals surface area contributed by atoms with Gasteiger partial charge in [-0.3, -0.25) is 0 Å². The lowest BCUT2D eigenvalue weighted by Gasteiger charge is -2.11. The van der Waals surface area contributed by atoms with Gasteiger partial charge in [0.1, 0.15) is 6.10 Å². The molecule has 4 heteroatoms. The average Bonchev–Trinajstić information content (AvgIpc) is 2.75. The highest BCUT2D eigenvalue weighted by Crippen LogP contribution is 2.27. The van der Waals surface area contributed by atoms with Crippen LogP contribution in [0.5, 0.6) is 0 Å². The van der Waals surface area contributed by atoms with Gasteiger partial charge in [0.2, 0.25) is 0 Å². The van der Waals surface area contributed by atoms with E-state index in [1.165, 1.54) is 5.56 Å². The number of nitrogens with one attached hydrogen (secondary N) is 1. The molecule has 1 aromatic heterocycles. The minimum atomic E-state index is -0.465. The first kappa shape index (κ1) is 12.6. The second-order valence-electron chi connectivity index (χ2n) is 3.90. The third-order valence-electron chi connectivity index (χ3n) is 2.47. The third kappa shape index (κ3) is 3.56. The second-order valence-corrected chi connectivity index (χ2v) is 6.40. The molecule has 1 aromatic carbocycles. The summed E-state index contributed by atoms with van der Waals surface area (Å²) >= 11 is 4.95. The molecule has 1 heterocycles. The van der Waals surface area contributed by atoms with Crippen LogP contribution < -0.4 is 5.32 Å². The highest BCUT2D eigenvalue weighted by molar-refractivity contribution is 9.11. The van der Waals surface area contributed by atoms with Crippen LogP contribution in [-0.2, 0) is 0 Å². The van der Waals surface area contributed by atoms with Crippen LogP contribution in [0.25, 0.3) is 0 Å². The Morgan fingerprint density at radius 3 is 2.53 bits per heavy atom. The molecule has 0 saturated carbocycles. The molecule has 0 fully saturated rings. The van der Waals surface area contributed by atoms with Crippen LogP contribution in [0.4, 0.5) is 5.69 Å². The smallest absolute Gasteiger partial charge is 0.105 e. The van der Waals surface area contributed by atoms with Crippen molar-refractivity contribution in [1.29, 1.82) is 0 Å². The van der Waals surface area contributed by atoms with Crippen molar-refractivity contribution in [2.24, 2.45) is 0 Å². The molecule has 90 valence electrons. The van der Waals surface area contributed by atoms with E-state index in [-0.39, 0.29) is 0 Å². The Balaban J connectivity index is 1.92. The van der Waals surface area contributed by atoms with Crippen molar-refractivity contribution in [2.75, 3.05) is 11.9 Å².